The number of methoxy groups -OCH3 is 1. The van der Waals surface area contributed by atoms with E-state index in [1.54, 1.807) is 19.1 Å². The number of rotatable bonds is 3. The standard InChI is InChI=1S/C8H8.C5H8O2.C4H6/c1-2-8-6-4-3-5-7-8;1-4(2)5(6)7-3;1-3-4-2/h2-7H,1H2;1H2,2-3H3;3-4H,1-2H2. The van der Waals surface area contributed by atoms with Crippen molar-refractivity contribution in [1.82, 2.24) is 0 Å². The van der Waals surface area contributed by atoms with Gasteiger partial charge in [-0.2, -0.15) is 0 Å². The van der Waals surface area contributed by atoms with Crippen molar-refractivity contribution in [2.24, 2.45) is 0 Å². The number of hydrogen-bond acceptors (Lipinski definition) is 2. The van der Waals surface area contributed by atoms with E-state index in [-0.39, 0.29) is 5.97 Å². The molecule has 0 atom stereocenters. The molecule has 0 heterocycles. The van der Waals surface area contributed by atoms with Gasteiger partial charge in [0.15, 0.2) is 0 Å². The van der Waals surface area contributed by atoms with E-state index in [0.717, 1.165) is 0 Å². The van der Waals surface area contributed by atoms with E-state index >= 15 is 0 Å². The first-order chi connectivity index (χ1) is 9.03. The summed E-state index contributed by atoms with van der Waals surface area (Å²) in [5.74, 6) is -0.347. The molecule has 0 bridgehead atoms. The quantitative estimate of drug-likeness (QED) is 0.455. The van der Waals surface area contributed by atoms with Gasteiger partial charge in [-0.15, -0.1) is 0 Å². The van der Waals surface area contributed by atoms with Crippen LogP contribution < -0.4 is 0 Å². The Labute approximate surface area is 116 Å². The molecule has 0 saturated carbocycles. The van der Waals surface area contributed by atoms with Crippen LogP contribution in [0.2, 0.25) is 0 Å². The Hall–Kier alpha value is -2.35. The van der Waals surface area contributed by atoms with Crippen LogP contribution in [0.5, 0.6) is 0 Å². The van der Waals surface area contributed by atoms with E-state index < -0.39 is 0 Å². The third kappa shape index (κ3) is 13.6. The van der Waals surface area contributed by atoms with Gasteiger partial charge in [0, 0.05) is 5.57 Å². The fourth-order valence-corrected chi connectivity index (χ4v) is 0.763. The molecule has 0 saturated heterocycles. The zero-order valence-corrected chi connectivity index (χ0v) is 11.8. The zero-order valence-electron chi connectivity index (χ0n) is 11.8. The molecule has 0 aliphatic carbocycles. The Morgan fingerprint density at radius 2 is 1.58 bits per heavy atom. The molecule has 0 radical (unpaired) electrons. The topological polar surface area (TPSA) is 26.3 Å². The van der Waals surface area contributed by atoms with Gasteiger partial charge in [-0.1, -0.05) is 74.9 Å². The summed E-state index contributed by atoms with van der Waals surface area (Å²) >= 11 is 0. The number of allylic oxidation sites excluding steroid dienone is 2. The van der Waals surface area contributed by atoms with Crippen LogP contribution in [-0.2, 0) is 9.53 Å². The lowest BCUT2D eigenvalue weighted by Gasteiger charge is -1.91. The Balaban J connectivity index is 0. The molecule has 0 aliphatic rings. The highest BCUT2D eigenvalue weighted by atomic mass is 16.5. The van der Waals surface area contributed by atoms with Crippen LogP contribution in [0, 0.1) is 0 Å². The van der Waals surface area contributed by atoms with Crippen LogP contribution in [-0.4, -0.2) is 13.1 Å². The largest absolute Gasteiger partial charge is 0.466 e. The first kappa shape index (κ1) is 19.0. The minimum Gasteiger partial charge on any atom is -0.466 e. The number of carbonyl (C=O) groups excluding carboxylic acids is 1. The van der Waals surface area contributed by atoms with Crippen molar-refractivity contribution >= 4 is 12.0 Å². The Bertz CT molecular complexity index is 397. The molecular formula is C17H22O2. The summed E-state index contributed by atoms with van der Waals surface area (Å²) in [5.41, 5.74) is 1.61. The molecule has 0 fully saturated rings. The summed E-state index contributed by atoms with van der Waals surface area (Å²) in [4.78, 5) is 10.2. The maximum Gasteiger partial charge on any atom is 0.332 e. The summed E-state index contributed by atoms with van der Waals surface area (Å²) in [5, 5.41) is 0. The summed E-state index contributed by atoms with van der Waals surface area (Å²) in [7, 11) is 1.33. The van der Waals surface area contributed by atoms with Crippen LogP contribution in [0.15, 0.2) is 74.4 Å². The number of hydrogen-bond donors (Lipinski definition) is 0. The summed E-state index contributed by atoms with van der Waals surface area (Å²) < 4.78 is 4.27. The third-order valence-corrected chi connectivity index (χ3v) is 1.74. The van der Waals surface area contributed by atoms with Crippen molar-refractivity contribution in [3.05, 3.63) is 79.9 Å². The van der Waals surface area contributed by atoms with Crippen molar-refractivity contribution in [3.63, 3.8) is 0 Å². The number of benzene rings is 1. The highest BCUT2D eigenvalue weighted by Gasteiger charge is 1.95. The predicted octanol–water partition coefficient (Wildman–Crippen LogP) is 4.42. The average molecular weight is 258 g/mol. The van der Waals surface area contributed by atoms with Gasteiger partial charge in [0.05, 0.1) is 7.11 Å². The minimum atomic E-state index is -0.347. The number of ether oxygens (including phenoxy) is 1. The second-order valence-corrected chi connectivity index (χ2v) is 3.36. The van der Waals surface area contributed by atoms with E-state index in [9.17, 15) is 4.79 Å². The molecule has 0 aliphatic heterocycles. The van der Waals surface area contributed by atoms with Crippen LogP contribution in [0.1, 0.15) is 12.5 Å². The van der Waals surface area contributed by atoms with Crippen LogP contribution >= 0.6 is 0 Å². The Morgan fingerprint density at radius 1 is 1.11 bits per heavy atom. The molecule has 1 rings (SSSR count). The van der Waals surface area contributed by atoms with E-state index in [4.69, 9.17) is 0 Å². The van der Waals surface area contributed by atoms with Gasteiger partial charge < -0.3 is 4.74 Å². The maximum absolute atomic E-state index is 10.2. The van der Waals surface area contributed by atoms with E-state index in [1.807, 2.05) is 36.4 Å². The minimum absolute atomic E-state index is 0.347. The molecule has 0 aromatic heterocycles. The van der Waals surface area contributed by atoms with Crippen molar-refractivity contribution in [2.45, 2.75) is 6.92 Å². The molecule has 2 nitrogen and oxygen atoms in total. The van der Waals surface area contributed by atoms with Gasteiger partial charge >= 0.3 is 5.97 Å². The van der Waals surface area contributed by atoms with E-state index in [1.165, 1.54) is 12.7 Å². The molecule has 2 heteroatoms. The van der Waals surface area contributed by atoms with Crippen molar-refractivity contribution in [2.75, 3.05) is 7.11 Å². The number of carbonyl (C=O) groups is 1. The molecule has 0 spiro atoms. The smallest absolute Gasteiger partial charge is 0.332 e. The molecule has 102 valence electrons. The zero-order chi connectivity index (χ0) is 15.1. The van der Waals surface area contributed by atoms with Crippen molar-refractivity contribution < 1.29 is 9.53 Å². The van der Waals surface area contributed by atoms with Crippen molar-refractivity contribution in [3.8, 4) is 0 Å². The van der Waals surface area contributed by atoms with Gasteiger partial charge in [0.1, 0.15) is 0 Å². The predicted molar refractivity (Wildman–Crippen MR) is 83.8 cm³/mol. The highest BCUT2D eigenvalue weighted by molar-refractivity contribution is 5.86. The summed E-state index contributed by atoms with van der Waals surface area (Å²) in [6.07, 6.45) is 5.11. The lowest BCUT2D eigenvalue weighted by atomic mass is 10.2. The summed E-state index contributed by atoms with van der Waals surface area (Å²) in [6.45, 7) is 15.3. The molecule has 19 heavy (non-hydrogen) atoms. The second-order valence-electron chi connectivity index (χ2n) is 3.36. The fraction of sp³-hybridized carbons (Fsp3) is 0.118. The SMILES string of the molecule is C=C(C)C(=O)OC.C=CC=C.C=Cc1ccccc1. The third-order valence-electron chi connectivity index (χ3n) is 1.74. The number of esters is 1. The Morgan fingerprint density at radius 3 is 1.74 bits per heavy atom. The van der Waals surface area contributed by atoms with Crippen molar-refractivity contribution in [1.29, 1.82) is 0 Å². The normalized spacial score (nSPS) is 7.47. The van der Waals surface area contributed by atoms with Crippen LogP contribution in [0.4, 0.5) is 0 Å². The maximum atomic E-state index is 10.2. The van der Waals surface area contributed by atoms with E-state index in [2.05, 4.69) is 31.1 Å². The first-order valence-electron chi connectivity index (χ1n) is 5.68. The average Bonchev–Trinajstić information content (AvgIpc) is 2.48. The van der Waals surface area contributed by atoms with Crippen LogP contribution in [0.3, 0.4) is 0 Å². The van der Waals surface area contributed by atoms with Crippen LogP contribution in [0.25, 0.3) is 6.08 Å². The molecule has 0 unspecified atom stereocenters. The highest BCUT2D eigenvalue weighted by Crippen LogP contribution is 1.97. The van der Waals surface area contributed by atoms with Gasteiger partial charge in [0.25, 0.3) is 0 Å². The molecular weight excluding hydrogens is 236 g/mol. The Kier molecular flexibility index (Phi) is 13.7. The lowest BCUT2D eigenvalue weighted by molar-refractivity contribution is -0.136. The lowest BCUT2D eigenvalue weighted by Crippen LogP contribution is -1.98. The molecule has 1 aromatic rings. The fourth-order valence-electron chi connectivity index (χ4n) is 0.763. The first-order valence-corrected chi connectivity index (χ1v) is 5.68. The summed E-state index contributed by atoms with van der Waals surface area (Å²) in [6, 6.07) is 10.0. The monoisotopic (exact) mass is 258 g/mol. The molecule has 0 N–H and O–H groups in total. The molecule has 0 amide bonds. The molecule has 1 aromatic carbocycles. The van der Waals surface area contributed by atoms with Gasteiger partial charge in [-0.25, -0.2) is 4.79 Å². The van der Waals surface area contributed by atoms with Gasteiger partial charge in [0.2, 0.25) is 0 Å². The van der Waals surface area contributed by atoms with Gasteiger partial charge in [-0.05, 0) is 12.5 Å². The second kappa shape index (κ2) is 13.7. The van der Waals surface area contributed by atoms with E-state index in [0.29, 0.717) is 5.57 Å². The van der Waals surface area contributed by atoms with Gasteiger partial charge in [-0.3, -0.25) is 0 Å².